The van der Waals surface area contributed by atoms with E-state index in [4.69, 9.17) is 0 Å². The Kier molecular flexibility index (Phi) is 4.35. The molecule has 3 rings (SSSR count). The summed E-state index contributed by atoms with van der Waals surface area (Å²) in [5.41, 5.74) is 1.24. The van der Waals surface area contributed by atoms with Crippen LogP contribution >= 0.6 is 0 Å². The van der Waals surface area contributed by atoms with Crippen LogP contribution in [0, 0.1) is 0 Å². The second-order valence-electron chi connectivity index (χ2n) is 6.18. The van der Waals surface area contributed by atoms with Crippen molar-refractivity contribution in [3.05, 3.63) is 29.8 Å². The highest BCUT2D eigenvalue weighted by Crippen LogP contribution is 2.16. The number of carbonyl (C=O) groups excluding carboxylic acids is 1. The third-order valence-corrected chi connectivity index (χ3v) is 5.63. The molecule has 2 heterocycles. The van der Waals surface area contributed by atoms with E-state index >= 15 is 0 Å². The van der Waals surface area contributed by atoms with Crippen molar-refractivity contribution in [1.29, 1.82) is 0 Å². The van der Waals surface area contributed by atoms with E-state index in [-0.39, 0.29) is 29.5 Å². The van der Waals surface area contributed by atoms with Crippen LogP contribution in [0.5, 0.6) is 0 Å². The molecule has 1 aromatic carbocycles. The zero-order chi connectivity index (χ0) is 17.3. The normalized spacial score (nSPS) is 19.5. The Bertz CT molecular complexity index is 842. The molecule has 0 spiro atoms. The number of amides is 1. The van der Waals surface area contributed by atoms with Gasteiger partial charge in [-0.1, -0.05) is 12.1 Å². The molecule has 24 heavy (non-hydrogen) atoms. The van der Waals surface area contributed by atoms with E-state index in [9.17, 15) is 13.2 Å². The van der Waals surface area contributed by atoms with Crippen LogP contribution in [0.2, 0.25) is 0 Å². The summed E-state index contributed by atoms with van der Waals surface area (Å²) < 4.78 is 22.9. The number of nitrogens with one attached hydrogen (secondary N) is 1. The quantitative estimate of drug-likeness (QED) is 0.876. The molecule has 0 radical (unpaired) electrons. The second kappa shape index (κ2) is 6.31. The lowest BCUT2D eigenvalue weighted by molar-refractivity contribution is 0.0941. The lowest BCUT2D eigenvalue weighted by Gasteiger charge is -2.10. The van der Waals surface area contributed by atoms with Crippen molar-refractivity contribution in [3.63, 3.8) is 0 Å². The summed E-state index contributed by atoms with van der Waals surface area (Å²) in [5, 5.41) is 15.0. The fourth-order valence-electron chi connectivity index (χ4n) is 2.51. The van der Waals surface area contributed by atoms with Crippen LogP contribution in [0.25, 0.3) is 11.4 Å². The first-order valence-electron chi connectivity index (χ1n) is 7.75. The van der Waals surface area contributed by atoms with Crippen LogP contribution < -0.4 is 5.32 Å². The Morgan fingerprint density at radius 2 is 2.00 bits per heavy atom. The highest BCUT2D eigenvalue weighted by molar-refractivity contribution is 7.91. The summed E-state index contributed by atoms with van der Waals surface area (Å²) in [6.45, 7) is 3.92. The highest BCUT2D eigenvalue weighted by atomic mass is 32.2. The van der Waals surface area contributed by atoms with Crippen LogP contribution in [0.15, 0.2) is 24.3 Å². The largest absolute Gasteiger partial charge is 0.348 e. The number of aromatic nitrogens is 4. The minimum absolute atomic E-state index is 0.0129. The van der Waals surface area contributed by atoms with Gasteiger partial charge < -0.3 is 5.32 Å². The molecule has 0 bridgehead atoms. The van der Waals surface area contributed by atoms with Crippen molar-refractivity contribution in [1.82, 2.24) is 25.5 Å². The summed E-state index contributed by atoms with van der Waals surface area (Å²) in [5.74, 6) is 0.368. The summed E-state index contributed by atoms with van der Waals surface area (Å²) in [6, 6.07) is 6.66. The SMILES string of the molecule is CC(C)n1nnc(-c2ccc(C(=O)N[C@@H]3CCS(=O)(=O)C3)cc2)n1. The fraction of sp³-hybridized carbons (Fsp3) is 0.467. The predicted molar refractivity (Wildman–Crippen MR) is 88.2 cm³/mol. The van der Waals surface area contributed by atoms with E-state index in [0.29, 0.717) is 17.8 Å². The van der Waals surface area contributed by atoms with Gasteiger partial charge in [0.1, 0.15) is 0 Å². The first-order valence-corrected chi connectivity index (χ1v) is 9.57. The molecule has 1 aliphatic rings. The monoisotopic (exact) mass is 349 g/mol. The fourth-order valence-corrected chi connectivity index (χ4v) is 4.18. The lowest BCUT2D eigenvalue weighted by atomic mass is 10.1. The van der Waals surface area contributed by atoms with Gasteiger partial charge in [-0.05, 0) is 37.6 Å². The number of nitrogens with zero attached hydrogens (tertiary/aromatic N) is 4. The van der Waals surface area contributed by atoms with Crippen molar-refractivity contribution in [2.24, 2.45) is 0 Å². The minimum atomic E-state index is -3.01. The first-order chi connectivity index (χ1) is 11.3. The number of benzene rings is 1. The smallest absolute Gasteiger partial charge is 0.251 e. The van der Waals surface area contributed by atoms with E-state index in [1.807, 2.05) is 13.8 Å². The number of hydrogen-bond acceptors (Lipinski definition) is 6. The third kappa shape index (κ3) is 3.61. The van der Waals surface area contributed by atoms with E-state index in [0.717, 1.165) is 5.56 Å². The summed E-state index contributed by atoms with van der Waals surface area (Å²) in [6.07, 6.45) is 0.467. The van der Waals surface area contributed by atoms with E-state index in [1.165, 1.54) is 4.80 Å². The molecular formula is C15H19N5O3S. The Balaban J connectivity index is 1.68. The zero-order valence-electron chi connectivity index (χ0n) is 13.5. The summed E-state index contributed by atoms with van der Waals surface area (Å²) in [7, 11) is -3.01. The topological polar surface area (TPSA) is 107 Å². The van der Waals surface area contributed by atoms with Crippen LogP contribution in [-0.2, 0) is 9.84 Å². The highest BCUT2D eigenvalue weighted by Gasteiger charge is 2.29. The zero-order valence-corrected chi connectivity index (χ0v) is 14.3. The van der Waals surface area contributed by atoms with Gasteiger partial charge in [0.15, 0.2) is 9.84 Å². The Morgan fingerprint density at radius 3 is 2.54 bits per heavy atom. The van der Waals surface area contributed by atoms with Crippen LogP contribution in [0.4, 0.5) is 0 Å². The number of rotatable bonds is 4. The maximum absolute atomic E-state index is 12.2. The molecule has 2 aromatic rings. The molecule has 0 aliphatic carbocycles. The molecule has 9 heteroatoms. The Labute approximate surface area is 140 Å². The van der Waals surface area contributed by atoms with E-state index in [1.54, 1.807) is 24.3 Å². The molecule has 1 saturated heterocycles. The van der Waals surface area contributed by atoms with Gasteiger partial charge in [-0.15, -0.1) is 10.2 Å². The van der Waals surface area contributed by atoms with Crippen LogP contribution in [0.3, 0.4) is 0 Å². The number of tetrazole rings is 1. The van der Waals surface area contributed by atoms with Gasteiger partial charge in [0, 0.05) is 17.2 Å². The Morgan fingerprint density at radius 1 is 1.29 bits per heavy atom. The molecule has 1 fully saturated rings. The average molecular weight is 349 g/mol. The Hall–Kier alpha value is -2.29. The van der Waals surface area contributed by atoms with Crippen molar-refractivity contribution >= 4 is 15.7 Å². The minimum Gasteiger partial charge on any atom is -0.348 e. The second-order valence-corrected chi connectivity index (χ2v) is 8.41. The molecule has 1 atom stereocenters. The predicted octanol–water partition coefficient (Wildman–Crippen LogP) is 0.838. The molecule has 1 aromatic heterocycles. The van der Waals surface area contributed by atoms with Crippen molar-refractivity contribution in [3.8, 4) is 11.4 Å². The van der Waals surface area contributed by atoms with Crippen LogP contribution in [0.1, 0.15) is 36.7 Å². The maximum atomic E-state index is 12.2. The van der Waals surface area contributed by atoms with E-state index in [2.05, 4.69) is 20.7 Å². The van der Waals surface area contributed by atoms with Gasteiger partial charge >= 0.3 is 0 Å². The molecule has 1 N–H and O–H groups in total. The first kappa shape index (κ1) is 16.6. The number of hydrogen-bond donors (Lipinski definition) is 1. The van der Waals surface area contributed by atoms with Crippen LogP contribution in [-0.4, -0.2) is 52.1 Å². The van der Waals surface area contributed by atoms with Gasteiger partial charge in [0.2, 0.25) is 5.82 Å². The van der Waals surface area contributed by atoms with E-state index < -0.39 is 9.84 Å². The summed E-state index contributed by atoms with van der Waals surface area (Å²) in [4.78, 5) is 13.7. The van der Waals surface area contributed by atoms with Gasteiger partial charge in [-0.3, -0.25) is 4.79 Å². The number of sulfone groups is 1. The maximum Gasteiger partial charge on any atom is 0.251 e. The molecule has 0 saturated carbocycles. The number of carbonyl (C=O) groups is 1. The molecule has 1 aliphatic heterocycles. The third-order valence-electron chi connectivity index (χ3n) is 3.86. The molecule has 0 unspecified atom stereocenters. The van der Waals surface area contributed by atoms with Gasteiger partial charge in [-0.25, -0.2) is 8.42 Å². The average Bonchev–Trinajstić information content (AvgIpc) is 3.14. The van der Waals surface area contributed by atoms with Crippen molar-refractivity contribution in [2.75, 3.05) is 11.5 Å². The van der Waals surface area contributed by atoms with Crippen molar-refractivity contribution in [2.45, 2.75) is 32.4 Å². The molecule has 1 amide bonds. The summed E-state index contributed by atoms with van der Waals surface area (Å²) >= 11 is 0. The lowest BCUT2D eigenvalue weighted by Crippen LogP contribution is -2.35. The van der Waals surface area contributed by atoms with Gasteiger partial charge in [0.05, 0.1) is 17.5 Å². The standard InChI is InChI=1S/C15H19N5O3S/c1-10(2)20-18-14(17-19-20)11-3-5-12(6-4-11)15(21)16-13-7-8-24(22,23)9-13/h3-6,10,13H,7-9H2,1-2H3,(H,16,21)/t13-/m1/s1. The molecular weight excluding hydrogens is 330 g/mol. The molecule has 8 nitrogen and oxygen atoms in total. The van der Waals surface area contributed by atoms with Gasteiger partial charge in [0.25, 0.3) is 5.91 Å². The van der Waals surface area contributed by atoms with Gasteiger partial charge in [-0.2, -0.15) is 4.80 Å². The van der Waals surface area contributed by atoms with Crippen molar-refractivity contribution < 1.29 is 13.2 Å². The molecule has 128 valence electrons.